The van der Waals surface area contributed by atoms with Crippen molar-refractivity contribution in [1.82, 2.24) is 9.97 Å². The molecule has 0 atom stereocenters. The Labute approximate surface area is 123 Å². The maximum atomic E-state index is 11.5. The predicted octanol–water partition coefficient (Wildman–Crippen LogP) is 1.66. The Bertz CT molecular complexity index is 698. The fourth-order valence-electron chi connectivity index (χ4n) is 2.09. The number of benzene rings is 1. The Kier molecular flexibility index (Phi) is 4.07. The van der Waals surface area contributed by atoms with Gasteiger partial charge in [0.25, 0.3) is 5.91 Å². The van der Waals surface area contributed by atoms with Gasteiger partial charge < -0.3 is 16.2 Å². The summed E-state index contributed by atoms with van der Waals surface area (Å²) in [5.41, 5.74) is 14.2. The van der Waals surface area contributed by atoms with Gasteiger partial charge in [0.15, 0.2) is 0 Å². The van der Waals surface area contributed by atoms with E-state index < -0.39 is 5.91 Å². The van der Waals surface area contributed by atoms with Gasteiger partial charge in [-0.3, -0.25) is 4.79 Å². The van der Waals surface area contributed by atoms with Gasteiger partial charge in [0.2, 0.25) is 5.95 Å². The Morgan fingerprint density at radius 1 is 1.24 bits per heavy atom. The molecule has 2 aromatic rings. The van der Waals surface area contributed by atoms with Crippen LogP contribution in [0, 0.1) is 20.8 Å². The molecule has 0 unspecified atom stereocenters. The van der Waals surface area contributed by atoms with E-state index in [1.807, 2.05) is 32.0 Å². The second-order valence-corrected chi connectivity index (χ2v) is 4.91. The van der Waals surface area contributed by atoms with Crippen LogP contribution in [0.1, 0.15) is 32.9 Å². The second-order valence-electron chi connectivity index (χ2n) is 4.91. The number of amides is 1. The third kappa shape index (κ3) is 3.28. The molecular formula is C15H18N4O2. The molecular weight excluding hydrogens is 268 g/mol. The van der Waals surface area contributed by atoms with Crippen molar-refractivity contribution < 1.29 is 9.53 Å². The molecule has 0 saturated carbocycles. The Hall–Kier alpha value is -2.63. The van der Waals surface area contributed by atoms with Gasteiger partial charge in [-0.1, -0.05) is 12.1 Å². The predicted molar refractivity (Wildman–Crippen MR) is 79.9 cm³/mol. The first kappa shape index (κ1) is 14.8. The van der Waals surface area contributed by atoms with Gasteiger partial charge >= 0.3 is 0 Å². The normalized spacial score (nSPS) is 10.4. The molecule has 0 aliphatic carbocycles. The molecule has 1 aromatic heterocycles. The monoisotopic (exact) mass is 286 g/mol. The van der Waals surface area contributed by atoms with E-state index in [0.29, 0.717) is 11.4 Å². The fraction of sp³-hybridized carbons (Fsp3) is 0.267. The number of hydrogen-bond donors (Lipinski definition) is 2. The third-order valence-electron chi connectivity index (χ3n) is 3.14. The standard InChI is InChI=1S/C15H18N4O2/c1-8-4-5-9(2)12(6-8)21-7-11-13(14(16)20)10(3)18-15(17)19-11/h4-6H,7H2,1-3H3,(H2,16,20)(H2,17,18,19). The Balaban J connectivity index is 2.31. The zero-order valence-electron chi connectivity index (χ0n) is 12.3. The van der Waals surface area contributed by atoms with Crippen LogP contribution < -0.4 is 16.2 Å². The summed E-state index contributed by atoms with van der Waals surface area (Å²) in [5.74, 6) is 0.240. The second kappa shape index (κ2) is 5.78. The number of aryl methyl sites for hydroxylation is 3. The summed E-state index contributed by atoms with van der Waals surface area (Å²) in [4.78, 5) is 19.5. The number of carbonyl (C=O) groups excluding carboxylic acids is 1. The summed E-state index contributed by atoms with van der Waals surface area (Å²) in [7, 11) is 0. The lowest BCUT2D eigenvalue weighted by Gasteiger charge is -2.12. The molecule has 2 rings (SSSR count). The molecule has 1 aromatic carbocycles. The maximum Gasteiger partial charge on any atom is 0.252 e. The van der Waals surface area contributed by atoms with Crippen LogP contribution in [-0.2, 0) is 6.61 Å². The Morgan fingerprint density at radius 3 is 2.62 bits per heavy atom. The molecule has 6 heteroatoms. The highest BCUT2D eigenvalue weighted by Crippen LogP contribution is 2.21. The van der Waals surface area contributed by atoms with Crippen LogP contribution in [0.5, 0.6) is 5.75 Å². The van der Waals surface area contributed by atoms with Crippen LogP contribution in [0.25, 0.3) is 0 Å². The molecule has 0 spiro atoms. The van der Waals surface area contributed by atoms with E-state index in [1.54, 1.807) is 6.92 Å². The average Bonchev–Trinajstić information content (AvgIpc) is 2.38. The van der Waals surface area contributed by atoms with E-state index in [4.69, 9.17) is 16.2 Å². The largest absolute Gasteiger partial charge is 0.487 e. The number of rotatable bonds is 4. The molecule has 4 N–H and O–H groups in total. The van der Waals surface area contributed by atoms with Crippen LogP contribution in [0.4, 0.5) is 5.95 Å². The minimum atomic E-state index is -0.591. The lowest BCUT2D eigenvalue weighted by atomic mass is 10.1. The highest BCUT2D eigenvalue weighted by Gasteiger charge is 2.16. The number of aromatic nitrogens is 2. The topological polar surface area (TPSA) is 104 Å². The summed E-state index contributed by atoms with van der Waals surface area (Å²) >= 11 is 0. The quantitative estimate of drug-likeness (QED) is 0.889. The minimum absolute atomic E-state index is 0.0945. The molecule has 21 heavy (non-hydrogen) atoms. The number of nitrogens with two attached hydrogens (primary N) is 2. The summed E-state index contributed by atoms with van der Waals surface area (Å²) in [6.45, 7) is 5.70. The van der Waals surface area contributed by atoms with E-state index in [9.17, 15) is 4.79 Å². The number of nitrogens with zero attached hydrogens (tertiary/aromatic N) is 2. The van der Waals surface area contributed by atoms with Gasteiger partial charge in [-0.2, -0.15) is 0 Å². The van der Waals surface area contributed by atoms with Crippen LogP contribution >= 0.6 is 0 Å². The number of hydrogen-bond acceptors (Lipinski definition) is 5. The van der Waals surface area contributed by atoms with Gasteiger partial charge in [-0.05, 0) is 38.0 Å². The van der Waals surface area contributed by atoms with Gasteiger partial charge in [-0.15, -0.1) is 0 Å². The van der Waals surface area contributed by atoms with Crippen molar-refractivity contribution in [2.24, 2.45) is 5.73 Å². The molecule has 6 nitrogen and oxygen atoms in total. The minimum Gasteiger partial charge on any atom is -0.487 e. The van der Waals surface area contributed by atoms with Gasteiger partial charge in [0, 0.05) is 0 Å². The smallest absolute Gasteiger partial charge is 0.252 e. The maximum absolute atomic E-state index is 11.5. The molecule has 0 bridgehead atoms. The van der Waals surface area contributed by atoms with Crippen LogP contribution in [0.2, 0.25) is 0 Å². The molecule has 1 amide bonds. The van der Waals surface area contributed by atoms with E-state index >= 15 is 0 Å². The highest BCUT2D eigenvalue weighted by atomic mass is 16.5. The van der Waals surface area contributed by atoms with Crippen molar-refractivity contribution in [3.05, 3.63) is 46.3 Å². The van der Waals surface area contributed by atoms with E-state index in [0.717, 1.165) is 16.9 Å². The first-order valence-electron chi connectivity index (χ1n) is 6.51. The molecule has 0 aliphatic rings. The van der Waals surface area contributed by atoms with E-state index in [2.05, 4.69) is 9.97 Å². The number of anilines is 1. The zero-order chi connectivity index (χ0) is 15.6. The van der Waals surface area contributed by atoms with Gasteiger partial charge in [-0.25, -0.2) is 9.97 Å². The average molecular weight is 286 g/mol. The summed E-state index contributed by atoms with van der Waals surface area (Å²) in [6, 6.07) is 5.90. The van der Waals surface area contributed by atoms with Crippen LogP contribution in [0.15, 0.2) is 18.2 Å². The first-order valence-corrected chi connectivity index (χ1v) is 6.51. The summed E-state index contributed by atoms with van der Waals surface area (Å²) in [6.07, 6.45) is 0. The van der Waals surface area contributed by atoms with Crippen molar-refractivity contribution in [3.63, 3.8) is 0 Å². The highest BCUT2D eigenvalue weighted by molar-refractivity contribution is 5.95. The number of primary amides is 1. The SMILES string of the molecule is Cc1ccc(C)c(OCc2nc(N)nc(C)c2C(N)=O)c1. The van der Waals surface area contributed by atoms with Crippen LogP contribution in [-0.4, -0.2) is 15.9 Å². The molecule has 1 heterocycles. The number of carbonyl (C=O) groups is 1. The lowest BCUT2D eigenvalue weighted by molar-refractivity contribution is 0.0996. The molecule has 0 radical (unpaired) electrons. The molecule has 110 valence electrons. The van der Waals surface area contributed by atoms with E-state index in [1.165, 1.54) is 0 Å². The summed E-state index contributed by atoms with van der Waals surface area (Å²) < 4.78 is 5.75. The van der Waals surface area contributed by atoms with Crippen molar-refractivity contribution in [2.75, 3.05) is 5.73 Å². The fourth-order valence-corrected chi connectivity index (χ4v) is 2.09. The molecule has 0 saturated heterocycles. The third-order valence-corrected chi connectivity index (χ3v) is 3.14. The zero-order valence-corrected chi connectivity index (χ0v) is 12.3. The van der Waals surface area contributed by atoms with Gasteiger partial charge in [0.05, 0.1) is 17.0 Å². The van der Waals surface area contributed by atoms with Crippen molar-refractivity contribution >= 4 is 11.9 Å². The number of ether oxygens (including phenoxy) is 1. The van der Waals surface area contributed by atoms with Crippen molar-refractivity contribution in [2.45, 2.75) is 27.4 Å². The molecule has 0 fully saturated rings. The first-order chi connectivity index (χ1) is 9.88. The number of nitrogen functional groups attached to an aromatic ring is 1. The molecule has 0 aliphatic heterocycles. The Morgan fingerprint density at radius 2 is 1.95 bits per heavy atom. The van der Waals surface area contributed by atoms with E-state index in [-0.39, 0.29) is 18.1 Å². The van der Waals surface area contributed by atoms with Gasteiger partial charge in [0.1, 0.15) is 12.4 Å². The van der Waals surface area contributed by atoms with Crippen LogP contribution in [0.3, 0.4) is 0 Å². The lowest BCUT2D eigenvalue weighted by Crippen LogP contribution is -2.20. The van der Waals surface area contributed by atoms with Crippen molar-refractivity contribution in [3.8, 4) is 5.75 Å². The summed E-state index contributed by atoms with van der Waals surface area (Å²) in [5, 5.41) is 0. The van der Waals surface area contributed by atoms with Crippen molar-refractivity contribution in [1.29, 1.82) is 0 Å².